The van der Waals surface area contributed by atoms with Crippen molar-refractivity contribution in [2.75, 3.05) is 6.54 Å². The van der Waals surface area contributed by atoms with Crippen LogP contribution in [0.15, 0.2) is 42.5 Å². The van der Waals surface area contributed by atoms with Crippen molar-refractivity contribution >= 4 is 11.6 Å². The smallest absolute Gasteiger partial charge is 0.131 e. The number of hydrogen-bond acceptors (Lipinski definition) is 2. The maximum atomic E-state index is 13.6. The van der Waals surface area contributed by atoms with Gasteiger partial charge in [-0.05, 0) is 30.3 Å². The van der Waals surface area contributed by atoms with Gasteiger partial charge in [-0.3, -0.25) is 0 Å². The third-order valence-electron chi connectivity index (χ3n) is 2.61. The van der Waals surface area contributed by atoms with Crippen molar-refractivity contribution in [2.24, 2.45) is 5.73 Å². The summed E-state index contributed by atoms with van der Waals surface area (Å²) in [5.41, 5.74) is 6.46. The molecule has 4 heteroatoms. The van der Waals surface area contributed by atoms with Gasteiger partial charge in [0.2, 0.25) is 0 Å². The summed E-state index contributed by atoms with van der Waals surface area (Å²) in [6.07, 6.45) is 0. The minimum absolute atomic E-state index is 0.0687. The molecule has 2 aromatic rings. The molecule has 0 amide bonds. The zero-order valence-electron chi connectivity index (χ0n) is 10.7. The predicted octanol–water partition coefficient (Wildman–Crippen LogP) is 3.37. The number of halogens is 2. The van der Waals surface area contributed by atoms with Gasteiger partial charge in [0.05, 0.1) is 11.6 Å². The van der Waals surface area contributed by atoms with E-state index in [1.807, 2.05) is 12.1 Å². The summed E-state index contributed by atoms with van der Waals surface area (Å²) in [6, 6.07) is 11.8. The summed E-state index contributed by atoms with van der Waals surface area (Å²) >= 11 is 5.94. The molecule has 0 atom stereocenters. The highest BCUT2D eigenvalue weighted by atomic mass is 35.5. The maximum absolute atomic E-state index is 13.6. The van der Waals surface area contributed by atoms with Gasteiger partial charge in [0, 0.05) is 11.1 Å². The monoisotopic (exact) mass is 289 g/mol. The van der Waals surface area contributed by atoms with Gasteiger partial charge in [-0.2, -0.15) is 0 Å². The summed E-state index contributed by atoms with van der Waals surface area (Å²) in [5, 5.41) is 0.351. The van der Waals surface area contributed by atoms with Crippen LogP contribution in [0.3, 0.4) is 0 Å². The Hall–Kier alpha value is -2.02. The van der Waals surface area contributed by atoms with Crippen molar-refractivity contribution in [3.8, 4) is 17.6 Å². The van der Waals surface area contributed by atoms with E-state index in [0.717, 1.165) is 5.56 Å². The molecule has 0 aliphatic carbocycles. The van der Waals surface area contributed by atoms with Gasteiger partial charge in [-0.15, -0.1) is 0 Å². The second kappa shape index (κ2) is 6.95. The van der Waals surface area contributed by atoms with Gasteiger partial charge in [-0.25, -0.2) is 4.39 Å². The van der Waals surface area contributed by atoms with Gasteiger partial charge in [-0.1, -0.05) is 35.6 Å². The number of ether oxygens (including phenoxy) is 1. The normalized spacial score (nSPS) is 9.75. The van der Waals surface area contributed by atoms with E-state index in [1.165, 1.54) is 6.07 Å². The van der Waals surface area contributed by atoms with E-state index >= 15 is 0 Å². The standard InChI is InChI=1S/C16H13ClFNO/c17-15-7-2-8-16(18)14(15)11-20-13-6-1-4-12(10-13)5-3-9-19/h1-2,4,6-8,10H,9,11,19H2. The predicted molar refractivity (Wildman–Crippen MR) is 78.1 cm³/mol. The molecule has 0 fully saturated rings. The largest absolute Gasteiger partial charge is 0.489 e. The Kier molecular flexibility index (Phi) is 5.00. The first-order valence-corrected chi connectivity index (χ1v) is 6.43. The molecular weight excluding hydrogens is 277 g/mol. The van der Waals surface area contributed by atoms with E-state index in [9.17, 15) is 4.39 Å². The molecule has 0 radical (unpaired) electrons. The Bertz CT molecular complexity index is 641. The van der Waals surface area contributed by atoms with Crippen molar-refractivity contribution in [2.45, 2.75) is 6.61 Å². The average Bonchev–Trinajstić information content (AvgIpc) is 2.45. The molecule has 0 bridgehead atoms. The Morgan fingerprint density at radius 2 is 2.00 bits per heavy atom. The molecule has 0 aliphatic heterocycles. The SMILES string of the molecule is NCC#Cc1cccc(OCc2c(F)cccc2Cl)c1. The molecule has 2 N–H and O–H groups in total. The Balaban J connectivity index is 2.11. The lowest BCUT2D eigenvalue weighted by Gasteiger charge is -2.09. The average molecular weight is 290 g/mol. The molecule has 0 spiro atoms. The fraction of sp³-hybridized carbons (Fsp3) is 0.125. The Morgan fingerprint density at radius 1 is 1.20 bits per heavy atom. The van der Waals surface area contributed by atoms with Crippen LogP contribution in [0, 0.1) is 17.7 Å². The lowest BCUT2D eigenvalue weighted by Crippen LogP contribution is -1.99. The summed E-state index contributed by atoms with van der Waals surface area (Å²) in [6.45, 7) is 0.370. The van der Waals surface area contributed by atoms with Crippen molar-refractivity contribution in [1.82, 2.24) is 0 Å². The van der Waals surface area contributed by atoms with Crippen LogP contribution >= 0.6 is 11.6 Å². The van der Waals surface area contributed by atoms with Crippen LogP contribution in [0.25, 0.3) is 0 Å². The molecule has 0 aromatic heterocycles. The second-order valence-corrected chi connectivity index (χ2v) is 4.43. The third-order valence-corrected chi connectivity index (χ3v) is 2.97. The summed E-state index contributed by atoms with van der Waals surface area (Å²) in [5.74, 6) is 5.90. The first-order chi connectivity index (χ1) is 9.70. The van der Waals surface area contributed by atoms with E-state index in [0.29, 0.717) is 22.9 Å². The van der Waals surface area contributed by atoms with Gasteiger partial charge in [0.25, 0.3) is 0 Å². The molecule has 20 heavy (non-hydrogen) atoms. The molecule has 0 heterocycles. The highest BCUT2D eigenvalue weighted by molar-refractivity contribution is 6.31. The zero-order valence-corrected chi connectivity index (χ0v) is 11.5. The quantitative estimate of drug-likeness (QED) is 0.879. The van der Waals surface area contributed by atoms with Crippen LogP contribution in [0.5, 0.6) is 5.75 Å². The summed E-state index contributed by atoms with van der Waals surface area (Å²) in [7, 11) is 0. The number of nitrogens with two attached hydrogens (primary N) is 1. The molecule has 102 valence electrons. The Labute approximate surface area is 122 Å². The number of benzene rings is 2. The first kappa shape index (κ1) is 14.4. The second-order valence-electron chi connectivity index (χ2n) is 4.02. The lowest BCUT2D eigenvalue weighted by atomic mass is 10.2. The Morgan fingerprint density at radius 3 is 2.75 bits per heavy atom. The molecule has 0 unspecified atom stereocenters. The third kappa shape index (κ3) is 3.74. The number of rotatable bonds is 3. The van der Waals surface area contributed by atoms with Gasteiger partial charge in [0.1, 0.15) is 18.2 Å². The zero-order chi connectivity index (χ0) is 14.4. The summed E-state index contributed by atoms with van der Waals surface area (Å²) in [4.78, 5) is 0. The lowest BCUT2D eigenvalue weighted by molar-refractivity contribution is 0.300. The van der Waals surface area contributed by atoms with Crippen molar-refractivity contribution < 1.29 is 9.13 Å². The maximum Gasteiger partial charge on any atom is 0.131 e. The van der Waals surface area contributed by atoms with Gasteiger partial charge < -0.3 is 10.5 Å². The van der Waals surface area contributed by atoms with Crippen molar-refractivity contribution in [3.63, 3.8) is 0 Å². The molecule has 2 aromatic carbocycles. The topological polar surface area (TPSA) is 35.2 Å². The van der Waals surface area contributed by atoms with Crippen LogP contribution in [0.2, 0.25) is 5.02 Å². The van der Waals surface area contributed by atoms with E-state index in [4.69, 9.17) is 22.1 Å². The highest BCUT2D eigenvalue weighted by Gasteiger charge is 2.07. The van der Waals surface area contributed by atoms with E-state index in [1.54, 1.807) is 24.3 Å². The molecule has 0 saturated carbocycles. The fourth-order valence-electron chi connectivity index (χ4n) is 1.64. The molecule has 2 rings (SSSR count). The van der Waals surface area contributed by atoms with Crippen molar-refractivity contribution in [3.05, 3.63) is 64.4 Å². The van der Waals surface area contributed by atoms with Crippen LogP contribution in [-0.2, 0) is 6.61 Å². The molecular formula is C16H13ClFNO. The van der Waals surface area contributed by atoms with E-state index < -0.39 is 0 Å². The van der Waals surface area contributed by atoms with Crippen LogP contribution in [0.1, 0.15) is 11.1 Å². The number of hydrogen-bond donors (Lipinski definition) is 1. The van der Waals surface area contributed by atoms with Crippen LogP contribution in [0.4, 0.5) is 4.39 Å². The van der Waals surface area contributed by atoms with E-state index in [-0.39, 0.29) is 12.4 Å². The highest BCUT2D eigenvalue weighted by Crippen LogP contribution is 2.21. The molecule has 2 nitrogen and oxygen atoms in total. The summed E-state index contributed by atoms with van der Waals surface area (Å²) < 4.78 is 19.1. The van der Waals surface area contributed by atoms with E-state index in [2.05, 4.69) is 11.8 Å². The minimum Gasteiger partial charge on any atom is -0.489 e. The van der Waals surface area contributed by atoms with Gasteiger partial charge >= 0.3 is 0 Å². The first-order valence-electron chi connectivity index (χ1n) is 6.05. The van der Waals surface area contributed by atoms with Crippen LogP contribution < -0.4 is 10.5 Å². The van der Waals surface area contributed by atoms with Crippen LogP contribution in [-0.4, -0.2) is 6.54 Å². The fourth-order valence-corrected chi connectivity index (χ4v) is 1.86. The molecule has 0 aliphatic rings. The van der Waals surface area contributed by atoms with Gasteiger partial charge in [0.15, 0.2) is 0 Å². The molecule has 0 saturated heterocycles. The minimum atomic E-state index is -0.378. The van der Waals surface area contributed by atoms with Crippen molar-refractivity contribution in [1.29, 1.82) is 0 Å².